The summed E-state index contributed by atoms with van der Waals surface area (Å²) in [6.07, 6.45) is -3.65. The summed E-state index contributed by atoms with van der Waals surface area (Å²) in [4.78, 5) is 17.1. The number of ether oxygens (including phenoxy) is 2. The number of methoxy groups -OCH3 is 2. The summed E-state index contributed by atoms with van der Waals surface area (Å²) in [7, 11) is 0.200. The lowest BCUT2D eigenvalue weighted by atomic mass is 10.0. The molecule has 35 heavy (non-hydrogen) atoms. The van der Waals surface area contributed by atoms with E-state index >= 15 is 0 Å². The van der Waals surface area contributed by atoms with Gasteiger partial charge in [0, 0.05) is 13.3 Å². The summed E-state index contributed by atoms with van der Waals surface area (Å²) in [5.41, 5.74) is -1.81. The first kappa shape index (κ1) is 26.9. The summed E-state index contributed by atoms with van der Waals surface area (Å²) in [5, 5.41) is -0.539. The Balaban J connectivity index is 2.15. The number of benzene rings is 2. The van der Waals surface area contributed by atoms with Gasteiger partial charge < -0.3 is 9.47 Å². The van der Waals surface area contributed by atoms with Gasteiger partial charge in [-0.15, -0.1) is 0 Å². The molecule has 13 heteroatoms. The Hall–Kier alpha value is -2.73. The van der Waals surface area contributed by atoms with Crippen molar-refractivity contribution in [2.75, 3.05) is 25.3 Å². The molecule has 1 aromatic heterocycles. The highest BCUT2D eigenvalue weighted by atomic mass is 35.5. The van der Waals surface area contributed by atoms with Crippen LogP contribution in [-0.4, -0.2) is 35.9 Å². The Morgan fingerprint density at radius 2 is 1.83 bits per heavy atom. The van der Waals surface area contributed by atoms with Gasteiger partial charge in [-0.2, -0.15) is 13.2 Å². The molecule has 186 valence electrons. The van der Waals surface area contributed by atoms with Crippen LogP contribution < -0.4 is 9.04 Å². The van der Waals surface area contributed by atoms with Crippen LogP contribution in [0.25, 0.3) is 0 Å². The van der Waals surface area contributed by atoms with Crippen LogP contribution in [0, 0.1) is 5.82 Å². The van der Waals surface area contributed by atoms with Gasteiger partial charge in [0.05, 0.1) is 38.9 Å². The van der Waals surface area contributed by atoms with Gasteiger partial charge in [-0.25, -0.2) is 13.6 Å². The second-order valence-electron chi connectivity index (χ2n) is 6.88. The van der Waals surface area contributed by atoms with Crippen molar-refractivity contribution < 1.29 is 36.0 Å². The van der Waals surface area contributed by atoms with E-state index in [0.717, 1.165) is 34.8 Å². The average Bonchev–Trinajstić information content (AvgIpc) is 2.81. The molecule has 1 unspecified atom stereocenters. The Labute approximate surface area is 210 Å². The van der Waals surface area contributed by atoms with Gasteiger partial charge in [0.25, 0.3) is 0 Å². The van der Waals surface area contributed by atoms with Crippen LogP contribution in [0.5, 0.6) is 5.75 Å². The van der Waals surface area contributed by atoms with Crippen molar-refractivity contribution in [2.24, 2.45) is 0 Å². The number of hydrogen-bond acceptors (Lipinski definition) is 5. The topological polar surface area (TPSA) is 68.7 Å². The minimum absolute atomic E-state index is 0.0351. The standard InChI is InChI=1S/C22H16Cl2F4N2O4S/c1-33-11-30(35(32)14-4-5-17(24)16(9-14)22(26,27)28)18-7-12(23)10-29-20(18)21(31)15-8-13(25)3-6-19(15)34-2/h3-10H,11H2,1-2H3. The molecule has 0 fully saturated rings. The summed E-state index contributed by atoms with van der Waals surface area (Å²) < 4.78 is 78.5. The minimum atomic E-state index is -4.80. The molecule has 0 amide bonds. The Morgan fingerprint density at radius 1 is 1.11 bits per heavy atom. The maximum absolute atomic E-state index is 13.9. The molecule has 0 saturated carbocycles. The van der Waals surface area contributed by atoms with Crippen molar-refractivity contribution >= 4 is 45.7 Å². The van der Waals surface area contributed by atoms with E-state index in [0.29, 0.717) is 6.07 Å². The first-order valence-corrected chi connectivity index (χ1v) is 11.4. The third kappa shape index (κ3) is 5.92. The Kier molecular flexibility index (Phi) is 8.37. The van der Waals surface area contributed by atoms with Gasteiger partial charge in [0.15, 0.2) is 11.0 Å². The van der Waals surface area contributed by atoms with Crippen molar-refractivity contribution in [3.63, 3.8) is 0 Å². The fraction of sp³-hybridized carbons (Fsp3) is 0.182. The first-order chi connectivity index (χ1) is 16.5. The maximum atomic E-state index is 13.9. The molecule has 3 rings (SSSR count). The Morgan fingerprint density at radius 3 is 2.46 bits per heavy atom. The highest BCUT2D eigenvalue weighted by Gasteiger charge is 2.34. The van der Waals surface area contributed by atoms with Gasteiger partial charge in [-0.05, 0) is 42.5 Å². The fourth-order valence-electron chi connectivity index (χ4n) is 3.06. The summed E-state index contributed by atoms with van der Waals surface area (Å²) in [6.45, 7) is -0.431. The summed E-state index contributed by atoms with van der Waals surface area (Å²) in [6, 6.07) is 7.26. The average molecular weight is 551 g/mol. The molecule has 0 aliphatic heterocycles. The van der Waals surface area contributed by atoms with Crippen molar-refractivity contribution in [3.8, 4) is 5.75 Å². The molecule has 0 saturated heterocycles. The quantitative estimate of drug-likeness (QED) is 0.198. The molecular weight excluding hydrogens is 535 g/mol. The van der Waals surface area contributed by atoms with E-state index < -0.39 is 46.1 Å². The molecule has 3 aromatic rings. The molecular formula is C22H16Cl2F4N2O4S. The van der Waals surface area contributed by atoms with Crippen molar-refractivity contribution in [3.05, 3.63) is 81.3 Å². The van der Waals surface area contributed by atoms with E-state index in [1.807, 2.05) is 0 Å². The molecule has 0 spiro atoms. The molecule has 6 nitrogen and oxygen atoms in total. The van der Waals surface area contributed by atoms with E-state index in [2.05, 4.69) is 4.98 Å². The number of alkyl halides is 3. The number of hydrogen-bond donors (Lipinski definition) is 0. The number of ketones is 1. The second kappa shape index (κ2) is 10.9. The zero-order chi connectivity index (χ0) is 25.9. The van der Waals surface area contributed by atoms with E-state index in [9.17, 15) is 26.6 Å². The van der Waals surface area contributed by atoms with Crippen LogP contribution in [0.3, 0.4) is 0 Å². The van der Waals surface area contributed by atoms with Gasteiger partial charge in [-0.1, -0.05) is 23.2 Å². The molecule has 0 aliphatic carbocycles. The van der Waals surface area contributed by atoms with Crippen molar-refractivity contribution in [1.29, 1.82) is 0 Å². The number of aromatic nitrogens is 1. The number of rotatable bonds is 8. The zero-order valence-corrected chi connectivity index (χ0v) is 20.4. The number of anilines is 1. The minimum Gasteiger partial charge on any atom is -0.496 e. The predicted molar refractivity (Wildman–Crippen MR) is 123 cm³/mol. The van der Waals surface area contributed by atoms with Crippen LogP contribution >= 0.6 is 23.2 Å². The predicted octanol–water partition coefficient (Wildman–Crippen LogP) is 5.92. The van der Waals surface area contributed by atoms with Crippen LogP contribution in [0.2, 0.25) is 10.0 Å². The molecule has 2 aromatic carbocycles. The first-order valence-electron chi connectivity index (χ1n) is 9.56. The van der Waals surface area contributed by atoms with E-state index in [1.165, 1.54) is 26.4 Å². The number of halogens is 6. The number of carbonyl (C=O) groups is 1. The van der Waals surface area contributed by atoms with Crippen molar-refractivity contribution in [2.45, 2.75) is 11.1 Å². The summed E-state index contributed by atoms with van der Waals surface area (Å²) in [5.74, 6) is -1.48. The van der Waals surface area contributed by atoms with Gasteiger partial charge in [0.1, 0.15) is 24.0 Å². The lowest BCUT2D eigenvalue weighted by Crippen LogP contribution is -2.30. The molecule has 1 heterocycles. The molecule has 0 aliphatic rings. The maximum Gasteiger partial charge on any atom is 0.417 e. The largest absolute Gasteiger partial charge is 0.496 e. The van der Waals surface area contributed by atoms with Crippen LogP contribution in [0.1, 0.15) is 21.6 Å². The lowest BCUT2D eigenvalue weighted by molar-refractivity contribution is -0.137. The van der Waals surface area contributed by atoms with Crippen LogP contribution in [0.4, 0.5) is 23.2 Å². The molecule has 0 bridgehead atoms. The van der Waals surface area contributed by atoms with E-state index in [-0.39, 0.29) is 32.6 Å². The number of pyridine rings is 1. The van der Waals surface area contributed by atoms with Crippen LogP contribution in [0.15, 0.2) is 53.6 Å². The Bertz CT molecular complexity index is 1290. The lowest BCUT2D eigenvalue weighted by Gasteiger charge is -2.25. The van der Waals surface area contributed by atoms with E-state index in [4.69, 9.17) is 32.7 Å². The SMILES string of the molecule is COCN(c1cc(Cl)cnc1C(=O)c1cc(F)ccc1OC)S(=O)c1ccc(Cl)c(C(F)(F)F)c1. The summed E-state index contributed by atoms with van der Waals surface area (Å²) >= 11 is 11.7. The third-order valence-electron chi connectivity index (χ3n) is 4.62. The fourth-order valence-corrected chi connectivity index (χ4v) is 4.61. The molecule has 1 atom stereocenters. The van der Waals surface area contributed by atoms with Gasteiger partial charge >= 0.3 is 6.18 Å². The smallest absolute Gasteiger partial charge is 0.417 e. The number of carbonyl (C=O) groups excluding carboxylic acids is 1. The van der Waals surface area contributed by atoms with E-state index in [1.54, 1.807) is 0 Å². The molecule has 0 N–H and O–H groups in total. The highest BCUT2D eigenvalue weighted by Crippen LogP contribution is 2.37. The second-order valence-corrected chi connectivity index (χ2v) is 9.13. The third-order valence-corrected chi connectivity index (χ3v) is 6.51. The van der Waals surface area contributed by atoms with Gasteiger partial charge in [0.2, 0.25) is 5.78 Å². The normalized spacial score (nSPS) is 12.3. The number of nitrogens with zero attached hydrogens (tertiary/aromatic N) is 2. The highest BCUT2D eigenvalue weighted by molar-refractivity contribution is 7.86. The van der Waals surface area contributed by atoms with Crippen LogP contribution in [-0.2, 0) is 21.9 Å². The molecule has 0 radical (unpaired) electrons. The van der Waals surface area contributed by atoms with Gasteiger partial charge in [-0.3, -0.25) is 9.10 Å². The monoisotopic (exact) mass is 550 g/mol. The zero-order valence-electron chi connectivity index (χ0n) is 18.0. The van der Waals surface area contributed by atoms with Crippen molar-refractivity contribution in [1.82, 2.24) is 4.98 Å².